The molecule has 3 nitrogen and oxygen atoms in total. The summed E-state index contributed by atoms with van der Waals surface area (Å²) in [5.41, 5.74) is 7.99. The molecule has 0 heterocycles. The third-order valence-corrected chi connectivity index (χ3v) is 2.96. The molecule has 0 saturated carbocycles. The molecular formula is C10H10ClNO2. The van der Waals surface area contributed by atoms with E-state index >= 15 is 0 Å². The van der Waals surface area contributed by atoms with Gasteiger partial charge in [-0.1, -0.05) is 11.6 Å². The topological polar surface area (TPSA) is 63.3 Å². The number of hydrogen-bond acceptors (Lipinski definition) is 2. The molecule has 3 N–H and O–H groups in total. The number of carbonyl (C=O) groups is 1. The molecule has 1 unspecified atom stereocenters. The van der Waals surface area contributed by atoms with Crippen molar-refractivity contribution in [3.8, 4) is 0 Å². The minimum atomic E-state index is -0.787. The van der Waals surface area contributed by atoms with Gasteiger partial charge in [0.15, 0.2) is 0 Å². The fourth-order valence-electron chi connectivity index (χ4n) is 1.91. The first kappa shape index (κ1) is 9.34. The predicted molar refractivity (Wildman–Crippen MR) is 54.6 cm³/mol. The van der Waals surface area contributed by atoms with Crippen LogP contribution in [0.15, 0.2) is 12.1 Å². The van der Waals surface area contributed by atoms with Crippen LogP contribution in [0.2, 0.25) is 5.02 Å². The molecule has 1 aromatic rings. The monoisotopic (exact) mass is 211 g/mol. The Labute approximate surface area is 86.5 Å². The number of aliphatic carboxylic acids is 1. The van der Waals surface area contributed by atoms with E-state index in [1.165, 1.54) is 0 Å². The van der Waals surface area contributed by atoms with Gasteiger partial charge >= 0.3 is 5.97 Å². The average molecular weight is 212 g/mol. The van der Waals surface area contributed by atoms with Crippen molar-refractivity contribution < 1.29 is 9.90 Å². The highest BCUT2D eigenvalue weighted by molar-refractivity contribution is 6.33. The maximum absolute atomic E-state index is 10.9. The first-order chi connectivity index (χ1) is 6.59. The molecule has 74 valence electrons. The molecule has 0 spiro atoms. The summed E-state index contributed by atoms with van der Waals surface area (Å²) >= 11 is 5.84. The summed E-state index contributed by atoms with van der Waals surface area (Å²) in [6.07, 6.45) is 1.41. The summed E-state index contributed by atoms with van der Waals surface area (Å²) < 4.78 is 0. The summed E-state index contributed by atoms with van der Waals surface area (Å²) in [7, 11) is 0. The van der Waals surface area contributed by atoms with Gasteiger partial charge < -0.3 is 10.8 Å². The highest BCUT2D eigenvalue weighted by Gasteiger charge is 2.28. The molecule has 0 bridgehead atoms. The second-order valence-corrected chi connectivity index (χ2v) is 3.91. The first-order valence-corrected chi connectivity index (χ1v) is 4.78. The standard InChI is InChI=1S/C10H10ClNO2/c11-8-4-7-5(3-9(8)12)1-2-6(7)10(13)14/h3-4,6H,1-2,12H2,(H,13,14). The summed E-state index contributed by atoms with van der Waals surface area (Å²) in [4.78, 5) is 10.9. The van der Waals surface area contributed by atoms with Gasteiger partial charge in [0.25, 0.3) is 0 Å². The van der Waals surface area contributed by atoms with Crippen LogP contribution in [0.3, 0.4) is 0 Å². The molecule has 0 saturated heterocycles. The second-order valence-electron chi connectivity index (χ2n) is 3.50. The van der Waals surface area contributed by atoms with Crippen molar-refractivity contribution in [1.29, 1.82) is 0 Å². The summed E-state index contributed by atoms with van der Waals surface area (Å²) in [5.74, 6) is -1.20. The van der Waals surface area contributed by atoms with Crippen LogP contribution >= 0.6 is 11.6 Å². The largest absolute Gasteiger partial charge is 0.481 e. The smallest absolute Gasteiger partial charge is 0.310 e. The molecule has 1 aromatic carbocycles. The van der Waals surface area contributed by atoms with Gasteiger partial charge in [-0.05, 0) is 36.1 Å². The number of nitrogens with two attached hydrogens (primary N) is 1. The van der Waals surface area contributed by atoms with Crippen LogP contribution in [0.5, 0.6) is 0 Å². The Balaban J connectivity index is 2.50. The van der Waals surface area contributed by atoms with Crippen LogP contribution in [0.25, 0.3) is 0 Å². The quantitative estimate of drug-likeness (QED) is 0.699. The molecule has 0 radical (unpaired) electrons. The Kier molecular flexibility index (Phi) is 2.11. The van der Waals surface area contributed by atoms with Gasteiger partial charge in [-0.15, -0.1) is 0 Å². The number of rotatable bonds is 1. The zero-order chi connectivity index (χ0) is 10.3. The highest BCUT2D eigenvalue weighted by Crippen LogP contribution is 2.37. The van der Waals surface area contributed by atoms with E-state index in [0.29, 0.717) is 17.1 Å². The third-order valence-electron chi connectivity index (χ3n) is 2.63. The summed E-state index contributed by atoms with van der Waals surface area (Å²) in [6.45, 7) is 0. The Morgan fingerprint density at radius 2 is 2.29 bits per heavy atom. The van der Waals surface area contributed by atoms with Crippen molar-refractivity contribution in [3.63, 3.8) is 0 Å². The molecule has 1 aliphatic rings. The van der Waals surface area contributed by atoms with Gasteiger partial charge in [0.1, 0.15) is 0 Å². The van der Waals surface area contributed by atoms with Crippen molar-refractivity contribution in [2.24, 2.45) is 0 Å². The van der Waals surface area contributed by atoms with Crippen molar-refractivity contribution in [2.75, 3.05) is 5.73 Å². The number of benzene rings is 1. The van der Waals surface area contributed by atoms with Crippen LogP contribution in [0, 0.1) is 0 Å². The fraction of sp³-hybridized carbons (Fsp3) is 0.300. The van der Waals surface area contributed by atoms with E-state index in [4.69, 9.17) is 22.4 Å². The number of fused-ring (bicyclic) bond motifs is 1. The second kappa shape index (κ2) is 3.17. The van der Waals surface area contributed by atoms with Gasteiger partial charge in [0.05, 0.1) is 16.6 Å². The van der Waals surface area contributed by atoms with E-state index in [1.54, 1.807) is 12.1 Å². The van der Waals surface area contributed by atoms with Crippen LogP contribution in [0.4, 0.5) is 5.69 Å². The first-order valence-electron chi connectivity index (χ1n) is 4.40. The zero-order valence-electron chi connectivity index (χ0n) is 7.46. The normalized spacial score (nSPS) is 19.4. The lowest BCUT2D eigenvalue weighted by molar-refractivity contribution is -0.138. The van der Waals surface area contributed by atoms with Crippen LogP contribution in [-0.4, -0.2) is 11.1 Å². The van der Waals surface area contributed by atoms with Gasteiger partial charge in [0.2, 0.25) is 0 Å². The van der Waals surface area contributed by atoms with Crippen LogP contribution in [-0.2, 0) is 11.2 Å². The highest BCUT2D eigenvalue weighted by atomic mass is 35.5. The molecule has 0 aliphatic heterocycles. The molecule has 1 atom stereocenters. The Morgan fingerprint density at radius 3 is 2.93 bits per heavy atom. The number of carboxylic acids is 1. The van der Waals surface area contributed by atoms with Crippen molar-refractivity contribution in [2.45, 2.75) is 18.8 Å². The summed E-state index contributed by atoms with van der Waals surface area (Å²) in [5, 5.41) is 9.39. The molecule has 0 amide bonds. The van der Waals surface area contributed by atoms with E-state index < -0.39 is 11.9 Å². The number of halogens is 1. The molecule has 14 heavy (non-hydrogen) atoms. The van der Waals surface area contributed by atoms with Crippen molar-refractivity contribution >= 4 is 23.3 Å². The minimum Gasteiger partial charge on any atom is -0.481 e. The molecular weight excluding hydrogens is 202 g/mol. The number of hydrogen-bond donors (Lipinski definition) is 2. The molecule has 2 rings (SSSR count). The Hall–Kier alpha value is -1.22. The lowest BCUT2D eigenvalue weighted by Gasteiger charge is -2.07. The number of aryl methyl sites for hydroxylation is 1. The lowest BCUT2D eigenvalue weighted by Crippen LogP contribution is -2.07. The van der Waals surface area contributed by atoms with E-state index in [1.807, 2.05) is 0 Å². The number of carboxylic acid groups (broad SMARTS) is 1. The Bertz CT molecular complexity index is 403. The van der Waals surface area contributed by atoms with E-state index in [2.05, 4.69) is 0 Å². The maximum Gasteiger partial charge on any atom is 0.310 e. The van der Waals surface area contributed by atoms with Gasteiger partial charge in [-0.25, -0.2) is 0 Å². The number of nitrogen functional groups attached to an aromatic ring is 1. The van der Waals surface area contributed by atoms with Crippen molar-refractivity contribution in [3.05, 3.63) is 28.3 Å². The van der Waals surface area contributed by atoms with E-state index in [-0.39, 0.29) is 0 Å². The zero-order valence-corrected chi connectivity index (χ0v) is 8.21. The predicted octanol–water partition coefficient (Wildman–Crippen LogP) is 2.04. The van der Waals surface area contributed by atoms with Gasteiger partial charge in [0, 0.05) is 0 Å². The maximum atomic E-state index is 10.9. The fourth-order valence-corrected chi connectivity index (χ4v) is 2.08. The number of anilines is 1. The van der Waals surface area contributed by atoms with Gasteiger partial charge in [-0.2, -0.15) is 0 Å². The van der Waals surface area contributed by atoms with Crippen LogP contribution in [0.1, 0.15) is 23.5 Å². The summed E-state index contributed by atoms with van der Waals surface area (Å²) in [6, 6.07) is 3.46. The third kappa shape index (κ3) is 1.34. The average Bonchev–Trinajstić information content (AvgIpc) is 2.48. The molecule has 0 aromatic heterocycles. The minimum absolute atomic E-state index is 0.414. The molecule has 1 aliphatic carbocycles. The van der Waals surface area contributed by atoms with Crippen LogP contribution < -0.4 is 5.73 Å². The Morgan fingerprint density at radius 1 is 1.57 bits per heavy atom. The lowest BCUT2D eigenvalue weighted by atomic mass is 10.0. The molecule has 4 heteroatoms. The van der Waals surface area contributed by atoms with Crippen molar-refractivity contribution in [1.82, 2.24) is 0 Å². The SMILES string of the molecule is Nc1cc2c(cc1Cl)C(C(=O)O)CC2. The van der Waals surface area contributed by atoms with E-state index in [9.17, 15) is 4.79 Å². The van der Waals surface area contributed by atoms with E-state index in [0.717, 1.165) is 17.5 Å². The van der Waals surface area contributed by atoms with Gasteiger partial charge in [-0.3, -0.25) is 4.79 Å². The molecule has 0 fully saturated rings.